The molecule has 0 fully saturated rings. The van der Waals surface area contributed by atoms with Crippen molar-refractivity contribution < 1.29 is 4.79 Å². The lowest BCUT2D eigenvalue weighted by Gasteiger charge is -2.08. The molecular formula is C18H14Cl2N4O. The third kappa shape index (κ3) is 4.68. The number of aromatic nitrogens is 2. The summed E-state index contributed by atoms with van der Waals surface area (Å²) in [6.45, 7) is 0.423. The van der Waals surface area contributed by atoms with E-state index >= 15 is 0 Å². The normalized spacial score (nSPS) is 10.3. The van der Waals surface area contributed by atoms with Crippen LogP contribution in [-0.4, -0.2) is 15.9 Å². The van der Waals surface area contributed by atoms with E-state index in [0.29, 0.717) is 22.3 Å². The van der Waals surface area contributed by atoms with Crippen molar-refractivity contribution in [1.29, 1.82) is 0 Å². The van der Waals surface area contributed by atoms with E-state index in [-0.39, 0.29) is 5.91 Å². The molecule has 126 valence electrons. The van der Waals surface area contributed by atoms with Crippen molar-refractivity contribution in [1.82, 2.24) is 15.3 Å². The summed E-state index contributed by atoms with van der Waals surface area (Å²) >= 11 is 11.9. The van der Waals surface area contributed by atoms with Crippen LogP contribution in [0.15, 0.2) is 61.1 Å². The Morgan fingerprint density at radius 2 is 1.72 bits per heavy atom. The Balaban J connectivity index is 1.61. The van der Waals surface area contributed by atoms with Gasteiger partial charge in [0.15, 0.2) is 0 Å². The largest absolute Gasteiger partial charge is 0.354 e. The molecule has 2 aromatic heterocycles. The van der Waals surface area contributed by atoms with Crippen LogP contribution < -0.4 is 10.6 Å². The average Bonchev–Trinajstić information content (AvgIpc) is 2.64. The SMILES string of the molecule is O=C(NCc1ccncc1)c1ccc(Nc2ccc(Cl)c(Cl)c2)cn1. The van der Waals surface area contributed by atoms with E-state index in [1.165, 1.54) is 0 Å². The zero-order valence-electron chi connectivity index (χ0n) is 13.0. The first-order valence-corrected chi connectivity index (χ1v) is 8.22. The standard InChI is InChI=1S/C18H14Cl2N4O/c19-15-3-1-13(9-16(15)20)24-14-2-4-17(22-11-14)18(25)23-10-12-5-7-21-8-6-12/h1-9,11,24H,10H2,(H,23,25). The second kappa shape index (κ2) is 7.96. The zero-order chi connectivity index (χ0) is 17.6. The average molecular weight is 373 g/mol. The Hall–Kier alpha value is -2.63. The number of anilines is 2. The molecule has 0 saturated heterocycles. The smallest absolute Gasteiger partial charge is 0.270 e. The minimum Gasteiger partial charge on any atom is -0.354 e. The number of pyridine rings is 2. The van der Waals surface area contributed by atoms with Crippen LogP contribution in [0.2, 0.25) is 10.0 Å². The molecule has 0 radical (unpaired) electrons. The maximum Gasteiger partial charge on any atom is 0.270 e. The molecule has 0 aliphatic heterocycles. The van der Waals surface area contributed by atoms with Gasteiger partial charge in [0.1, 0.15) is 5.69 Å². The lowest BCUT2D eigenvalue weighted by molar-refractivity contribution is 0.0946. The summed E-state index contributed by atoms with van der Waals surface area (Å²) in [5.74, 6) is -0.238. The molecule has 1 amide bonds. The molecule has 3 aromatic rings. The maximum absolute atomic E-state index is 12.1. The first-order chi connectivity index (χ1) is 12.1. The number of nitrogens with one attached hydrogen (secondary N) is 2. The van der Waals surface area contributed by atoms with E-state index in [4.69, 9.17) is 23.2 Å². The van der Waals surface area contributed by atoms with E-state index < -0.39 is 0 Å². The third-order valence-corrected chi connectivity index (χ3v) is 4.15. The van der Waals surface area contributed by atoms with E-state index in [1.54, 1.807) is 42.9 Å². The van der Waals surface area contributed by atoms with Crippen molar-refractivity contribution >= 4 is 40.5 Å². The summed E-state index contributed by atoms with van der Waals surface area (Å²) in [6, 6.07) is 12.4. The van der Waals surface area contributed by atoms with Crippen molar-refractivity contribution in [2.45, 2.75) is 6.54 Å². The fourth-order valence-corrected chi connectivity index (χ4v) is 2.41. The molecule has 25 heavy (non-hydrogen) atoms. The molecule has 2 heterocycles. The summed E-state index contributed by atoms with van der Waals surface area (Å²) in [7, 11) is 0. The molecule has 7 heteroatoms. The van der Waals surface area contributed by atoms with E-state index in [0.717, 1.165) is 16.9 Å². The van der Waals surface area contributed by atoms with Gasteiger partial charge in [-0.2, -0.15) is 0 Å². The minimum atomic E-state index is -0.238. The predicted octanol–water partition coefficient (Wildman–Crippen LogP) is 4.46. The fourth-order valence-electron chi connectivity index (χ4n) is 2.12. The van der Waals surface area contributed by atoms with E-state index in [9.17, 15) is 4.79 Å². The number of amides is 1. The molecule has 0 unspecified atom stereocenters. The number of carbonyl (C=O) groups is 1. The van der Waals surface area contributed by atoms with Gasteiger partial charge in [0, 0.05) is 24.6 Å². The van der Waals surface area contributed by atoms with Crippen LogP contribution in [0.3, 0.4) is 0 Å². The first kappa shape index (κ1) is 17.2. The number of hydrogen-bond donors (Lipinski definition) is 2. The van der Waals surface area contributed by atoms with E-state index in [2.05, 4.69) is 20.6 Å². The number of nitrogens with zero attached hydrogens (tertiary/aromatic N) is 2. The van der Waals surface area contributed by atoms with Crippen LogP contribution in [0.4, 0.5) is 11.4 Å². The Kier molecular flexibility index (Phi) is 5.48. The van der Waals surface area contributed by atoms with Crippen molar-refractivity contribution in [3.63, 3.8) is 0 Å². The van der Waals surface area contributed by atoms with Crippen LogP contribution in [-0.2, 0) is 6.54 Å². The van der Waals surface area contributed by atoms with Gasteiger partial charge in [-0.3, -0.25) is 9.78 Å². The van der Waals surface area contributed by atoms with Crippen LogP contribution in [0, 0.1) is 0 Å². The first-order valence-electron chi connectivity index (χ1n) is 7.47. The van der Waals surface area contributed by atoms with Crippen LogP contribution in [0.5, 0.6) is 0 Å². The Morgan fingerprint density at radius 1 is 0.960 bits per heavy atom. The number of hydrogen-bond acceptors (Lipinski definition) is 4. The van der Waals surface area contributed by atoms with Crippen LogP contribution in [0.25, 0.3) is 0 Å². The van der Waals surface area contributed by atoms with Crippen LogP contribution >= 0.6 is 23.2 Å². The number of benzene rings is 1. The highest BCUT2D eigenvalue weighted by Crippen LogP contribution is 2.26. The highest BCUT2D eigenvalue weighted by molar-refractivity contribution is 6.42. The zero-order valence-corrected chi connectivity index (χ0v) is 14.6. The monoisotopic (exact) mass is 372 g/mol. The Bertz CT molecular complexity index is 870. The molecule has 0 aliphatic rings. The summed E-state index contributed by atoms with van der Waals surface area (Å²) in [6.07, 6.45) is 4.95. The summed E-state index contributed by atoms with van der Waals surface area (Å²) in [5.41, 5.74) is 2.84. The maximum atomic E-state index is 12.1. The molecule has 0 atom stereocenters. The lowest BCUT2D eigenvalue weighted by Crippen LogP contribution is -2.23. The highest BCUT2D eigenvalue weighted by Gasteiger charge is 2.07. The molecule has 0 bridgehead atoms. The van der Waals surface area contributed by atoms with Gasteiger partial charge in [0.25, 0.3) is 5.91 Å². The third-order valence-electron chi connectivity index (χ3n) is 3.41. The number of rotatable bonds is 5. The second-order valence-electron chi connectivity index (χ2n) is 5.22. The van der Waals surface area contributed by atoms with Gasteiger partial charge in [-0.05, 0) is 48.0 Å². The highest BCUT2D eigenvalue weighted by atomic mass is 35.5. The molecule has 0 aliphatic carbocycles. The quantitative estimate of drug-likeness (QED) is 0.693. The van der Waals surface area contributed by atoms with Gasteiger partial charge < -0.3 is 10.6 Å². The van der Waals surface area contributed by atoms with E-state index in [1.807, 2.05) is 18.2 Å². The second-order valence-corrected chi connectivity index (χ2v) is 6.04. The number of carbonyl (C=O) groups excluding carboxylic acids is 1. The summed E-state index contributed by atoms with van der Waals surface area (Å²) in [5, 5.41) is 6.92. The van der Waals surface area contributed by atoms with Gasteiger partial charge in [0.2, 0.25) is 0 Å². The fraction of sp³-hybridized carbons (Fsp3) is 0.0556. The van der Waals surface area contributed by atoms with Gasteiger partial charge in [-0.15, -0.1) is 0 Å². The summed E-state index contributed by atoms with van der Waals surface area (Å²) < 4.78 is 0. The predicted molar refractivity (Wildman–Crippen MR) is 99.4 cm³/mol. The molecule has 1 aromatic carbocycles. The molecule has 2 N–H and O–H groups in total. The van der Waals surface area contributed by atoms with Crippen molar-refractivity contribution in [2.24, 2.45) is 0 Å². The van der Waals surface area contributed by atoms with Crippen molar-refractivity contribution in [2.75, 3.05) is 5.32 Å². The van der Waals surface area contributed by atoms with Crippen LogP contribution in [0.1, 0.15) is 16.1 Å². The van der Waals surface area contributed by atoms with Gasteiger partial charge in [0.05, 0.1) is 21.9 Å². The summed E-state index contributed by atoms with van der Waals surface area (Å²) in [4.78, 5) is 20.2. The Labute approximate surface area is 155 Å². The van der Waals surface area contributed by atoms with Gasteiger partial charge >= 0.3 is 0 Å². The lowest BCUT2D eigenvalue weighted by atomic mass is 10.2. The van der Waals surface area contributed by atoms with Crippen molar-refractivity contribution in [3.05, 3.63) is 82.4 Å². The molecule has 5 nitrogen and oxygen atoms in total. The topological polar surface area (TPSA) is 66.9 Å². The van der Waals surface area contributed by atoms with Gasteiger partial charge in [-0.25, -0.2) is 4.98 Å². The van der Waals surface area contributed by atoms with Crippen molar-refractivity contribution in [3.8, 4) is 0 Å². The Morgan fingerprint density at radius 3 is 2.40 bits per heavy atom. The minimum absolute atomic E-state index is 0.238. The number of halogens is 2. The van der Waals surface area contributed by atoms with Gasteiger partial charge in [-0.1, -0.05) is 23.2 Å². The molecule has 3 rings (SSSR count). The molecular weight excluding hydrogens is 359 g/mol. The molecule has 0 saturated carbocycles. The molecule has 0 spiro atoms.